The highest BCUT2D eigenvalue weighted by Gasteiger charge is 2.34. The first-order chi connectivity index (χ1) is 7.41. The summed E-state index contributed by atoms with van der Waals surface area (Å²) in [7, 11) is 0. The number of aryl methyl sites for hydroxylation is 1. The van der Waals surface area contributed by atoms with Crippen LogP contribution in [0.4, 0.5) is 13.2 Å². The van der Waals surface area contributed by atoms with E-state index >= 15 is 0 Å². The molecule has 0 spiro atoms. The van der Waals surface area contributed by atoms with Crippen molar-refractivity contribution in [2.75, 3.05) is 0 Å². The maximum absolute atomic E-state index is 12.5. The minimum Gasteiger partial charge on any atom is -0.441 e. The quantitative estimate of drug-likeness (QED) is 0.762. The Morgan fingerprint density at radius 2 is 2.06 bits per heavy atom. The maximum Gasteiger partial charge on any atom is 0.417 e. The number of nitrogens with zero attached hydrogens (tertiary/aromatic N) is 1. The normalized spacial score (nSPS) is 12.3. The molecule has 86 valence electrons. The second-order valence-corrected chi connectivity index (χ2v) is 3.67. The first-order valence-corrected chi connectivity index (χ1v) is 4.95. The van der Waals surface area contributed by atoms with Crippen LogP contribution in [0.2, 0.25) is 5.02 Å². The Hall–Kier alpha value is -1.23. The van der Waals surface area contributed by atoms with E-state index in [4.69, 9.17) is 16.0 Å². The van der Waals surface area contributed by atoms with Gasteiger partial charge in [-0.3, -0.25) is 0 Å². The van der Waals surface area contributed by atoms with Gasteiger partial charge in [0.15, 0.2) is 11.5 Å². The number of alkyl halides is 3. The number of hydrogen-bond acceptors (Lipinski definition) is 2. The molecule has 0 aliphatic heterocycles. The number of aromatic nitrogens is 1. The molecule has 16 heavy (non-hydrogen) atoms. The Balaban J connectivity index is 2.66. The van der Waals surface area contributed by atoms with Gasteiger partial charge in [-0.2, -0.15) is 13.2 Å². The number of benzene rings is 1. The average Bonchev–Trinajstić information content (AvgIpc) is 2.56. The van der Waals surface area contributed by atoms with Crippen molar-refractivity contribution < 1.29 is 17.6 Å². The van der Waals surface area contributed by atoms with E-state index in [2.05, 4.69) is 4.98 Å². The van der Waals surface area contributed by atoms with Crippen LogP contribution in [-0.2, 0) is 12.6 Å². The zero-order chi connectivity index (χ0) is 11.9. The van der Waals surface area contributed by atoms with E-state index in [1.165, 1.54) is 6.07 Å². The second kappa shape index (κ2) is 3.66. The molecular formula is C10H7ClF3NO. The zero-order valence-corrected chi connectivity index (χ0v) is 8.99. The Labute approximate surface area is 94.0 Å². The second-order valence-electron chi connectivity index (χ2n) is 3.26. The molecule has 1 aromatic carbocycles. The Morgan fingerprint density at radius 1 is 1.38 bits per heavy atom. The third-order valence-electron chi connectivity index (χ3n) is 2.13. The van der Waals surface area contributed by atoms with Gasteiger partial charge in [0.1, 0.15) is 5.52 Å². The molecule has 0 N–H and O–H groups in total. The third kappa shape index (κ3) is 1.87. The molecule has 0 saturated heterocycles. The lowest BCUT2D eigenvalue weighted by Gasteiger charge is -2.07. The van der Waals surface area contributed by atoms with Crippen LogP contribution in [-0.4, -0.2) is 4.98 Å². The van der Waals surface area contributed by atoms with E-state index in [1.54, 1.807) is 6.92 Å². The van der Waals surface area contributed by atoms with Crippen molar-refractivity contribution in [3.05, 3.63) is 28.6 Å². The summed E-state index contributed by atoms with van der Waals surface area (Å²) in [5.41, 5.74) is -0.455. The molecule has 2 rings (SSSR count). The van der Waals surface area contributed by atoms with Gasteiger partial charge in [-0.1, -0.05) is 18.5 Å². The standard InChI is InChI=1S/C10H7ClF3NO/c1-2-9-15-7-4-6(11)5(10(12,13)14)3-8(7)16-9/h3-4H,2H2,1H3. The monoisotopic (exact) mass is 249 g/mol. The smallest absolute Gasteiger partial charge is 0.417 e. The Bertz CT molecular complexity index is 533. The van der Waals surface area contributed by atoms with Crippen LogP contribution in [0.5, 0.6) is 0 Å². The topological polar surface area (TPSA) is 26.0 Å². The SMILES string of the molecule is CCc1nc2cc(Cl)c(C(F)(F)F)cc2o1. The van der Waals surface area contributed by atoms with Crippen molar-refractivity contribution >= 4 is 22.7 Å². The van der Waals surface area contributed by atoms with Gasteiger partial charge in [0, 0.05) is 6.42 Å². The molecule has 6 heteroatoms. The van der Waals surface area contributed by atoms with E-state index in [9.17, 15) is 13.2 Å². The summed E-state index contributed by atoms with van der Waals surface area (Å²) in [6.07, 6.45) is -3.96. The maximum atomic E-state index is 12.5. The highest BCUT2D eigenvalue weighted by atomic mass is 35.5. The van der Waals surface area contributed by atoms with E-state index in [0.29, 0.717) is 17.8 Å². The van der Waals surface area contributed by atoms with E-state index in [0.717, 1.165) is 6.07 Å². The van der Waals surface area contributed by atoms with Crippen LogP contribution in [0.25, 0.3) is 11.1 Å². The van der Waals surface area contributed by atoms with Crippen molar-refractivity contribution in [1.29, 1.82) is 0 Å². The van der Waals surface area contributed by atoms with Crippen LogP contribution >= 0.6 is 11.6 Å². The van der Waals surface area contributed by atoms with Crippen molar-refractivity contribution in [2.24, 2.45) is 0 Å². The molecular weight excluding hydrogens is 243 g/mol. The van der Waals surface area contributed by atoms with Gasteiger partial charge in [0.2, 0.25) is 0 Å². The summed E-state index contributed by atoms with van der Waals surface area (Å²) in [4.78, 5) is 4.00. The van der Waals surface area contributed by atoms with Gasteiger partial charge in [0.05, 0.1) is 10.6 Å². The zero-order valence-electron chi connectivity index (χ0n) is 8.23. The molecule has 0 saturated carbocycles. The summed E-state index contributed by atoms with van der Waals surface area (Å²) in [5, 5.41) is -0.365. The molecule has 0 atom stereocenters. The molecule has 0 aliphatic carbocycles. The van der Waals surface area contributed by atoms with Crippen LogP contribution in [0.3, 0.4) is 0 Å². The number of hydrogen-bond donors (Lipinski definition) is 0. The number of rotatable bonds is 1. The molecule has 0 fully saturated rings. The fraction of sp³-hybridized carbons (Fsp3) is 0.300. The molecule has 1 heterocycles. The molecule has 0 bridgehead atoms. The lowest BCUT2D eigenvalue weighted by molar-refractivity contribution is -0.137. The summed E-state index contributed by atoms with van der Waals surface area (Å²) >= 11 is 5.54. The fourth-order valence-electron chi connectivity index (χ4n) is 1.36. The first-order valence-electron chi connectivity index (χ1n) is 4.58. The molecule has 1 aromatic heterocycles. The molecule has 0 radical (unpaired) electrons. The molecule has 0 aliphatic rings. The van der Waals surface area contributed by atoms with Crippen molar-refractivity contribution in [2.45, 2.75) is 19.5 Å². The Kier molecular flexibility index (Phi) is 2.58. The third-order valence-corrected chi connectivity index (χ3v) is 2.44. The van der Waals surface area contributed by atoms with Gasteiger partial charge in [-0.15, -0.1) is 0 Å². The average molecular weight is 250 g/mol. The van der Waals surface area contributed by atoms with E-state index in [1.807, 2.05) is 0 Å². The summed E-state index contributed by atoms with van der Waals surface area (Å²) < 4.78 is 42.7. The van der Waals surface area contributed by atoms with Gasteiger partial charge in [-0.05, 0) is 12.1 Å². The fourth-order valence-corrected chi connectivity index (χ4v) is 1.63. The highest BCUT2D eigenvalue weighted by Crippen LogP contribution is 2.37. The summed E-state index contributed by atoms with van der Waals surface area (Å²) in [5.74, 6) is 0.394. The number of oxazole rings is 1. The minimum absolute atomic E-state index is 0.105. The van der Waals surface area contributed by atoms with E-state index in [-0.39, 0.29) is 10.6 Å². The number of halogens is 4. The molecule has 0 unspecified atom stereocenters. The minimum atomic E-state index is -4.48. The predicted molar refractivity (Wildman–Crippen MR) is 53.4 cm³/mol. The van der Waals surface area contributed by atoms with Crippen molar-refractivity contribution in [1.82, 2.24) is 4.98 Å². The lowest BCUT2D eigenvalue weighted by Crippen LogP contribution is -2.05. The first kappa shape index (κ1) is 11.3. The van der Waals surface area contributed by atoms with Crippen molar-refractivity contribution in [3.63, 3.8) is 0 Å². The van der Waals surface area contributed by atoms with Crippen LogP contribution < -0.4 is 0 Å². The van der Waals surface area contributed by atoms with Gasteiger partial charge in [-0.25, -0.2) is 4.98 Å². The highest BCUT2D eigenvalue weighted by molar-refractivity contribution is 6.32. The van der Waals surface area contributed by atoms with Crippen LogP contribution in [0, 0.1) is 0 Å². The Morgan fingerprint density at radius 3 is 2.62 bits per heavy atom. The summed E-state index contributed by atoms with van der Waals surface area (Å²) in [6.45, 7) is 1.80. The van der Waals surface area contributed by atoms with Gasteiger partial charge in [0.25, 0.3) is 0 Å². The number of fused-ring (bicyclic) bond motifs is 1. The van der Waals surface area contributed by atoms with Crippen LogP contribution in [0.1, 0.15) is 18.4 Å². The van der Waals surface area contributed by atoms with Gasteiger partial charge < -0.3 is 4.42 Å². The molecule has 2 nitrogen and oxygen atoms in total. The van der Waals surface area contributed by atoms with Gasteiger partial charge >= 0.3 is 6.18 Å². The summed E-state index contributed by atoms with van der Waals surface area (Å²) in [6, 6.07) is 2.05. The van der Waals surface area contributed by atoms with Crippen molar-refractivity contribution in [3.8, 4) is 0 Å². The lowest BCUT2D eigenvalue weighted by atomic mass is 10.2. The van der Waals surface area contributed by atoms with Crippen LogP contribution in [0.15, 0.2) is 16.5 Å². The predicted octanol–water partition coefficient (Wildman–Crippen LogP) is 4.06. The molecule has 2 aromatic rings. The largest absolute Gasteiger partial charge is 0.441 e. The molecule has 0 amide bonds. The van der Waals surface area contributed by atoms with E-state index < -0.39 is 11.7 Å².